The Morgan fingerprint density at radius 3 is 2.63 bits per heavy atom. The van der Waals surface area contributed by atoms with Crippen LogP contribution >= 0.6 is 15.9 Å². The summed E-state index contributed by atoms with van der Waals surface area (Å²) in [5.41, 5.74) is 4.26. The lowest BCUT2D eigenvalue weighted by molar-refractivity contribution is 0.122. The van der Waals surface area contributed by atoms with Crippen LogP contribution in [-0.4, -0.2) is 47.5 Å². The zero-order valence-electron chi connectivity index (χ0n) is 15.9. The number of hydrogen-bond acceptors (Lipinski definition) is 8. The molecule has 2 aromatic carbocycles. The van der Waals surface area contributed by atoms with Crippen molar-refractivity contribution in [1.29, 1.82) is 0 Å². The molecule has 2 N–H and O–H groups in total. The first-order chi connectivity index (χ1) is 14.7. The summed E-state index contributed by atoms with van der Waals surface area (Å²) >= 11 is 3.45. The number of aromatic nitrogens is 3. The average molecular weight is 472 g/mol. The maximum Gasteiger partial charge on any atom is 0.250 e. The predicted molar refractivity (Wildman–Crippen MR) is 118 cm³/mol. The largest absolute Gasteiger partial charge is 0.378 e. The summed E-state index contributed by atoms with van der Waals surface area (Å²) in [7, 11) is 0. The quantitative estimate of drug-likeness (QED) is 0.417. The van der Waals surface area contributed by atoms with Gasteiger partial charge < -0.3 is 15.0 Å². The highest BCUT2D eigenvalue weighted by molar-refractivity contribution is 9.10. The van der Waals surface area contributed by atoms with Crippen LogP contribution in [0.3, 0.4) is 0 Å². The van der Waals surface area contributed by atoms with E-state index < -0.39 is 0 Å². The molecule has 1 aliphatic rings. The molecule has 0 bridgehead atoms. The molecule has 0 spiro atoms. The van der Waals surface area contributed by atoms with Gasteiger partial charge in [0.15, 0.2) is 0 Å². The number of morpholine rings is 1. The highest BCUT2D eigenvalue weighted by Gasteiger charge is 2.16. The van der Waals surface area contributed by atoms with Gasteiger partial charge in [0.05, 0.1) is 19.4 Å². The van der Waals surface area contributed by atoms with Crippen LogP contribution in [0.4, 0.5) is 27.9 Å². The second-order valence-electron chi connectivity index (χ2n) is 6.44. The van der Waals surface area contributed by atoms with Crippen molar-refractivity contribution in [2.75, 3.05) is 41.9 Å². The van der Waals surface area contributed by atoms with Crippen LogP contribution in [0.15, 0.2) is 58.1 Å². The molecular weight excluding hydrogens is 453 g/mol. The summed E-state index contributed by atoms with van der Waals surface area (Å²) in [4.78, 5) is 15.4. The van der Waals surface area contributed by atoms with Gasteiger partial charge in [0.1, 0.15) is 5.82 Å². The average Bonchev–Trinajstić information content (AvgIpc) is 2.74. The first kappa shape index (κ1) is 20.2. The van der Waals surface area contributed by atoms with Crippen LogP contribution in [-0.2, 0) is 4.74 Å². The molecule has 0 amide bonds. The van der Waals surface area contributed by atoms with E-state index in [4.69, 9.17) is 4.74 Å². The van der Waals surface area contributed by atoms with Crippen LogP contribution in [0.1, 0.15) is 5.56 Å². The molecular formula is C20H19BrFN7O. The molecule has 0 radical (unpaired) electrons. The number of hydrazone groups is 1. The number of nitrogens with one attached hydrogen (secondary N) is 2. The van der Waals surface area contributed by atoms with Gasteiger partial charge in [-0.1, -0.05) is 34.1 Å². The second kappa shape index (κ2) is 9.59. The Balaban J connectivity index is 1.57. The molecule has 30 heavy (non-hydrogen) atoms. The molecule has 10 heteroatoms. The van der Waals surface area contributed by atoms with E-state index in [0.29, 0.717) is 43.8 Å². The lowest BCUT2D eigenvalue weighted by Crippen LogP contribution is -2.37. The lowest BCUT2D eigenvalue weighted by Gasteiger charge is -2.27. The predicted octanol–water partition coefficient (Wildman–Crippen LogP) is 3.80. The molecule has 0 unspecified atom stereocenters. The van der Waals surface area contributed by atoms with Crippen molar-refractivity contribution >= 4 is 45.7 Å². The standard InChI is InChI=1S/C20H19BrFN7O/c21-15-4-2-6-17(12-15)24-18-25-19(27-20(26-18)29-7-9-30-10-8-29)28-23-13-14-3-1-5-16(22)11-14/h1-6,11-13H,7-10H2,(H2,24,25,26,27,28)/b23-13-. The van der Waals surface area contributed by atoms with E-state index in [0.717, 1.165) is 10.2 Å². The van der Waals surface area contributed by atoms with Crippen molar-refractivity contribution < 1.29 is 9.13 Å². The first-order valence-corrected chi connectivity index (χ1v) is 10.1. The maximum absolute atomic E-state index is 13.3. The molecule has 1 aromatic heterocycles. The summed E-state index contributed by atoms with van der Waals surface area (Å²) in [6, 6.07) is 13.8. The Morgan fingerprint density at radius 2 is 1.83 bits per heavy atom. The minimum atomic E-state index is -0.325. The summed E-state index contributed by atoms with van der Waals surface area (Å²) in [5, 5.41) is 7.32. The molecule has 154 valence electrons. The SMILES string of the molecule is Fc1cccc(/C=N\Nc2nc(Nc3cccc(Br)c3)nc(N3CCOCC3)n2)c1. The summed E-state index contributed by atoms with van der Waals surface area (Å²) in [6.07, 6.45) is 1.50. The van der Waals surface area contributed by atoms with Gasteiger partial charge in [-0.15, -0.1) is 0 Å². The summed E-state index contributed by atoms with van der Waals surface area (Å²) in [5.74, 6) is 0.855. The fourth-order valence-electron chi connectivity index (χ4n) is 2.82. The molecule has 4 rings (SSSR count). The Kier molecular flexibility index (Phi) is 6.45. The zero-order chi connectivity index (χ0) is 20.8. The molecule has 0 atom stereocenters. The Hall–Kier alpha value is -3.11. The van der Waals surface area contributed by atoms with E-state index in [9.17, 15) is 4.39 Å². The van der Waals surface area contributed by atoms with E-state index in [-0.39, 0.29) is 11.8 Å². The van der Waals surface area contributed by atoms with E-state index in [1.54, 1.807) is 12.1 Å². The van der Waals surface area contributed by atoms with Gasteiger partial charge in [0.2, 0.25) is 17.8 Å². The van der Waals surface area contributed by atoms with Gasteiger partial charge >= 0.3 is 0 Å². The molecule has 0 aliphatic carbocycles. The third kappa shape index (κ3) is 5.49. The van der Waals surface area contributed by atoms with Crippen LogP contribution in [0.2, 0.25) is 0 Å². The van der Waals surface area contributed by atoms with Gasteiger partial charge in [-0.2, -0.15) is 20.1 Å². The molecule has 8 nitrogen and oxygen atoms in total. The molecule has 1 saturated heterocycles. The van der Waals surface area contributed by atoms with E-state index in [1.165, 1.54) is 18.3 Å². The van der Waals surface area contributed by atoms with Gasteiger partial charge in [0, 0.05) is 23.2 Å². The molecule has 0 saturated carbocycles. The fourth-order valence-corrected chi connectivity index (χ4v) is 3.22. The van der Waals surface area contributed by atoms with Crippen molar-refractivity contribution in [2.45, 2.75) is 0 Å². The third-order valence-corrected chi connectivity index (χ3v) is 4.72. The van der Waals surface area contributed by atoms with Gasteiger partial charge in [-0.3, -0.25) is 0 Å². The van der Waals surface area contributed by atoms with Crippen molar-refractivity contribution in [3.63, 3.8) is 0 Å². The number of rotatable bonds is 6. The van der Waals surface area contributed by atoms with Crippen molar-refractivity contribution in [3.05, 3.63) is 64.4 Å². The third-order valence-electron chi connectivity index (χ3n) is 4.23. The number of ether oxygens (including phenoxy) is 1. The Labute approximate surface area is 181 Å². The summed E-state index contributed by atoms with van der Waals surface area (Å²) < 4.78 is 19.7. The van der Waals surface area contributed by atoms with Gasteiger partial charge in [-0.25, -0.2) is 9.82 Å². The molecule has 1 fully saturated rings. The normalized spacial score (nSPS) is 14.1. The summed E-state index contributed by atoms with van der Waals surface area (Å²) in [6.45, 7) is 2.60. The molecule has 1 aliphatic heterocycles. The number of benzene rings is 2. The van der Waals surface area contributed by atoms with E-state index >= 15 is 0 Å². The lowest BCUT2D eigenvalue weighted by atomic mass is 10.2. The van der Waals surface area contributed by atoms with Crippen LogP contribution < -0.4 is 15.6 Å². The van der Waals surface area contributed by atoms with Crippen LogP contribution in [0.25, 0.3) is 0 Å². The van der Waals surface area contributed by atoms with E-state index in [1.807, 2.05) is 29.2 Å². The molecule has 2 heterocycles. The van der Waals surface area contributed by atoms with Crippen molar-refractivity contribution in [3.8, 4) is 0 Å². The minimum Gasteiger partial charge on any atom is -0.378 e. The number of hydrogen-bond donors (Lipinski definition) is 2. The highest BCUT2D eigenvalue weighted by atomic mass is 79.9. The maximum atomic E-state index is 13.3. The Morgan fingerprint density at radius 1 is 1.03 bits per heavy atom. The highest BCUT2D eigenvalue weighted by Crippen LogP contribution is 2.21. The number of nitrogens with zero attached hydrogens (tertiary/aromatic N) is 5. The Bertz CT molecular complexity index is 1040. The van der Waals surface area contributed by atoms with E-state index in [2.05, 4.69) is 46.7 Å². The number of halogens is 2. The smallest absolute Gasteiger partial charge is 0.250 e. The monoisotopic (exact) mass is 471 g/mol. The van der Waals surface area contributed by atoms with Gasteiger partial charge in [-0.05, 0) is 35.9 Å². The minimum absolute atomic E-state index is 0.275. The van der Waals surface area contributed by atoms with Crippen LogP contribution in [0.5, 0.6) is 0 Å². The second-order valence-corrected chi connectivity index (χ2v) is 7.36. The fraction of sp³-hybridized carbons (Fsp3) is 0.200. The van der Waals surface area contributed by atoms with Gasteiger partial charge in [0.25, 0.3) is 0 Å². The van der Waals surface area contributed by atoms with Crippen molar-refractivity contribution in [2.24, 2.45) is 5.10 Å². The number of anilines is 4. The van der Waals surface area contributed by atoms with Crippen LogP contribution in [0, 0.1) is 5.82 Å². The topological polar surface area (TPSA) is 87.6 Å². The van der Waals surface area contributed by atoms with Crippen molar-refractivity contribution in [1.82, 2.24) is 15.0 Å². The molecule has 3 aromatic rings. The zero-order valence-corrected chi connectivity index (χ0v) is 17.5. The first-order valence-electron chi connectivity index (χ1n) is 9.32.